The number of hydrogen-bond acceptors (Lipinski definition) is 3. The third-order valence-corrected chi connectivity index (χ3v) is 6.04. The van der Waals surface area contributed by atoms with Crippen molar-refractivity contribution in [3.8, 4) is 0 Å². The minimum absolute atomic E-state index is 0.0133. The van der Waals surface area contributed by atoms with Crippen LogP contribution < -0.4 is 0 Å². The number of aromatic amines is 1. The van der Waals surface area contributed by atoms with Gasteiger partial charge in [-0.25, -0.2) is 4.98 Å². The second-order valence-corrected chi connectivity index (χ2v) is 7.92. The van der Waals surface area contributed by atoms with E-state index >= 15 is 0 Å². The van der Waals surface area contributed by atoms with Gasteiger partial charge in [0.15, 0.2) is 0 Å². The van der Waals surface area contributed by atoms with Crippen molar-refractivity contribution >= 4 is 27.8 Å². The van der Waals surface area contributed by atoms with Gasteiger partial charge >= 0.3 is 0 Å². The molecule has 5 rings (SSSR count). The van der Waals surface area contributed by atoms with Crippen molar-refractivity contribution in [2.24, 2.45) is 0 Å². The number of ether oxygens (including phenoxy) is 1. The number of fused-ring (bicyclic) bond motifs is 2. The first-order chi connectivity index (χ1) is 14.7. The van der Waals surface area contributed by atoms with Crippen LogP contribution >= 0.6 is 0 Å². The van der Waals surface area contributed by atoms with Crippen molar-refractivity contribution in [2.45, 2.75) is 31.8 Å². The molecule has 6 heteroatoms. The van der Waals surface area contributed by atoms with Crippen molar-refractivity contribution < 1.29 is 9.53 Å². The van der Waals surface area contributed by atoms with Gasteiger partial charge in [-0.1, -0.05) is 12.1 Å². The molecule has 1 amide bonds. The Bertz CT molecular complexity index is 1160. The van der Waals surface area contributed by atoms with Crippen LogP contribution in [0.4, 0.5) is 0 Å². The number of benzene rings is 2. The fourth-order valence-corrected chi connectivity index (χ4v) is 4.47. The lowest BCUT2D eigenvalue weighted by atomic mass is 10.00. The number of nitrogens with one attached hydrogen (secondary N) is 1. The highest BCUT2D eigenvalue weighted by molar-refractivity contribution is 5.98. The summed E-state index contributed by atoms with van der Waals surface area (Å²) in [5, 5.41) is 1.08. The number of methoxy groups -OCH3 is 1. The largest absolute Gasteiger partial charge is 0.383 e. The van der Waals surface area contributed by atoms with E-state index in [-0.39, 0.29) is 11.9 Å². The van der Waals surface area contributed by atoms with Gasteiger partial charge in [0.05, 0.1) is 23.7 Å². The smallest absolute Gasteiger partial charge is 0.254 e. The van der Waals surface area contributed by atoms with Gasteiger partial charge in [-0.15, -0.1) is 0 Å². The molecule has 30 heavy (non-hydrogen) atoms. The number of amides is 1. The average Bonchev–Trinajstić information content (AvgIpc) is 3.40. The van der Waals surface area contributed by atoms with Crippen molar-refractivity contribution in [2.75, 3.05) is 20.3 Å². The van der Waals surface area contributed by atoms with Crippen LogP contribution in [-0.4, -0.2) is 45.6 Å². The Morgan fingerprint density at radius 2 is 2.10 bits per heavy atom. The second kappa shape index (κ2) is 7.95. The first kappa shape index (κ1) is 18.9. The van der Waals surface area contributed by atoms with Gasteiger partial charge in [-0.2, -0.15) is 0 Å². The van der Waals surface area contributed by atoms with Crippen LogP contribution in [0.25, 0.3) is 21.9 Å². The van der Waals surface area contributed by atoms with Crippen molar-refractivity contribution in [1.82, 2.24) is 19.4 Å². The molecule has 1 saturated heterocycles. The lowest BCUT2D eigenvalue weighted by Gasteiger charge is -2.34. The van der Waals surface area contributed by atoms with E-state index < -0.39 is 0 Å². The molecular weight excluding hydrogens is 376 g/mol. The molecule has 1 aliphatic rings. The summed E-state index contributed by atoms with van der Waals surface area (Å²) in [6.45, 7) is 2.22. The first-order valence-electron chi connectivity index (χ1n) is 10.6. The van der Waals surface area contributed by atoms with Gasteiger partial charge in [0.25, 0.3) is 5.91 Å². The summed E-state index contributed by atoms with van der Waals surface area (Å²) in [6.07, 6.45) is 5.11. The lowest BCUT2D eigenvalue weighted by molar-refractivity contribution is 0.0601. The van der Waals surface area contributed by atoms with E-state index in [1.165, 1.54) is 0 Å². The minimum Gasteiger partial charge on any atom is -0.383 e. The molecule has 3 heterocycles. The Kier molecular flexibility index (Phi) is 5.01. The number of likely N-dealkylation sites (tertiary alicyclic amines) is 1. The number of para-hydroxylation sites is 2. The normalized spacial score (nSPS) is 17.1. The zero-order valence-electron chi connectivity index (χ0n) is 17.2. The van der Waals surface area contributed by atoms with Gasteiger partial charge in [0, 0.05) is 42.9 Å². The van der Waals surface area contributed by atoms with Crippen molar-refractivity contribution in [3.63, 3.8) is 0 Å². The summed E-state index contributed by atoms with van der Waals surface area (Å²) in [4.78, 5) is 23.7. The van der Waals surface area contributed by atoms with Gasteiger partial charge in [0.1, 0.15) is 5.82 Å². The number of carbonyl (C=O) groups excluding carboxylic acids is 1. The van der Waals surface area contributed by atoms with E-state index in [1.54, 1.807) is 7.11 Å². The predicted molar refractivity (Wildman–Crippen MR) is 118 cm³/mol. The van der Waals surface area contributed by atoms with E-state index in [4.69, 9.17) is 9.72 Å². The minimum atomic E-state index is -0.0133. The fourth-order valence-electron chi connectivity index (χ4n) is 4.47. The Morgan fingerprint density at radius 3 is 2.97 bits per heavy atom. The zero-order valence-corrected chi connectivity index (χ0v) is 17.2. The molecule has 1 atom stereocenters. The summed E-state index contributed by atoms with van der Waals surface area (Å²) in [6, 6.07) is 16.1. The van der Waals surface area contributed by atoms with E-state index in [0.29, 0.717) is 6.61 Å². The molecule has 1 fully saturated rings. The highest BCUT2D eigenvalue weighted by Gasteiger charge is 2.31. The summed E-state index contributed by atoms with van der Waals surface area (Å²) >= 11 is 0. The van der Waals surface area contributed by atoms with Crippen molar-refractivity contribution in [1.29, 1.82) is 0 Å². The number of carbonyl (C=O) groups is 1. The number of rotatable bonds is 5. The highest BCUT2D eigenvalue weighted by atomic mass is 16.5. The zero-order chi connectivity index (χ0) is 20.5. The molecule has 0 aliphatic carbocycles. The molecule has 0 radical (unpaired) electrons. The third-order valence-electron chi connectivity index (χ3n) is 6.04. The molecule has 0 bridgehead atoms. The van der Waals surface area contributed by atoms with Gasteiger partial charge in [0.2, 0.25) is 0 Å². The van der Waals surface area contributed by atoms with Gasteiger partial charge < -0.3 is 19.2 Å². The molecule has 2 aromatic heterocycles. The summed E-state index contributed by atoms with van der Waals surface area (Å²) in [7, 11) is 1.71. The van der Waals surface area contributed by atoms with Crippen LogP contribution in [0.3, 0.4) is 0 Å². The monoisotopic (exact) mass is 402 g/mol. The molecule has 1 unspecified atom stereocenters. The Hall–Kier alpha value is -3.12. The maximum absolute atomic E-state index is 13.5. The summed E-state index contributed by atoms with van der Waals surface area (Å²) in [5.41, 5.74) is 3.82. The average molecular weight is 402 g/mol. The molecule has 1 aliphatic heterocycles. The standard InChI is InChI=1S/C24H26N4O2/c1-30-15-14-27-13-11-17-16-18(9-10-21(17)27)24(29)28-12-5-4-8-22(28)23-25-19-6-2-3-7-20(19)26-23/h2-3,6-7,9-11,13,16,22H,4-5,8,12,14-15H2,1H3,(H,25,26). The van der Waals surface area contributed by atoms with Crippen molar-refractivity contribution in [3.05, 3.63) is 66.1 Å². The number of hydrogen-bond donors (Lipinski definition) is 1. The van der Waals surface area contributed by atoms with E-state index in [2.05, 4.69) is 21.8 Å². The molecule has 0 spiro atoms. The van der Waals surface area contributed by atoms with Crippen LogP contribution in [-0.2, 0) is 11.3 Å². The van der Waals surface area contributed by atoms with Crippen LogP contribution in [0.2, 0.25) is 0 Å². The second-order valence-electron chi connectivity index (χ2n) is 7.92. The van der Waals surface area contributed by atoms with Crippen LogP contribution in [0.5, 0.6) is 0 Å². The predicted octanol–water partition coefficient (Wildman–Crippen LogP) is 4.53. The fraction of sp³-hybridized carbons (Fsp3) is 0.333. The SMILES string of the molecule is COCCn1ccc2cc(C(=O)N3CCCCC3c3nc4ccccc4[nH]3)ccc21. The molecule has 154 valence electrons. The highest BCUT2D eigenvalue weighted by Crippen LogP contribution is 2.32. The molecule has 2 aromatic carbocycles. The molecule has 4 aromatic rings. The number of aromatic nitrogens is 3. The molecule has 0 saturated carbocycles. The first-order valence-corrected chi connectivity index (χ1v) is 10.6. The third kappa shape index (κ3) is 3.37. The van der Waals surface area contributed by atoms with Gasteiger partial charge in [-0.3, -0.25) is 4.79 Å². The number of piperidine rings is 1. The van der Waals surface area contributed by atoms with Gasteiger partial charge in [-0.05, 0) is 55.7 Å². The molecule has 6 nitrogen and oxygen atoms in total. The Labute approximate surface area is 175 Å². The number of imidazole rings is 1. The van der Waals surface area contributed by atoms with E-state index in [0.717, 1.165) is 65.7 Å². The maximum atomic E-state index is 13.5. The van der Waals surface area contributed by atoms with Crippen LogP contribution in [0.1, 0.15) is 41.5 Å². The molecule has 1 N–H and O–H groups in total. The number of nitrogens with zero attached hydrogens (tertiary/aromatic N) is 3. The molecular formula is C24H26N4O2. The number of H-pyrrole nitrogens is 1. The van der Waals surface area contributed by atoms with E-state index in [9.17, 15) is 4.79 Å². The quantitative estimate of drug-likeness (QED) is 0.533. The maximum Gasteiger partial charge on any atom is 0.254 e. The summed E-state index contributed by atoms with van der Waals surface area (Å²) in [5.74, 6) is 0.961. The Balaban J connectivity index is 1.44. The van der Waals surface area contributed by atoms with E-state index in [1.807, 2.05) is 47.4 Å². The summed E-state index contributed by atoms with van der Waals surface area (Å²) < 4.78 is 7.35. The topological polar surface area (TPSA) is 63.1 Å². The lowest BCUT2D eigenvalue weighted by Crippen LogP contribution is -2.39. The van der Waals surface area contributed by atoms with Crippen LogP contribution in [0.15, 0.2) is 54.7 Å². The Morgan fingerprint density at radius 1 is 1.20 bits per heavy atom. The van der Waals surface area contributed by atoms with Crippen LogP contribution in [0, 0.1) is 0 Å².